The highest BCUT2D eigenvalue weighted by atomic mass is 19.4. The van der Waals surface area contributed by atoms with Gasteiger partial charge in [-0.2, -0.15) is 13.2 Å². The predicted octanol–water partition coefficient (Wildman–Crippen LogP) is 5.80. The lowest BCUT2D eigenvalue weighted by molar-refractivity contribution is -0.137. The fraction of sp³-hybridized carbons (Fsp3) is 0.0870. The third-order valence-electron chi connectivity index (χ3n) is 4.73. The molecule has 0 atom stereocenters. The molecule has 7 heteroatoms. The van der Waals surface area contributed by atoms with Crippen molar-refractivity contribution in [3.8, 4) is 16.9 Å². The van der Waals surface area contributed by atoms with E-state index in [2.05, 4.69) is 5.32 Å². The molecule has 30 heavy (non-hydrogen) atoms. The molecule has 4 aromatic rings. The molecule has 0 bridgehead atoms. The van der Waals surface area contributed by atoms with E-state index in [4.69, 9.17) is 4.42 Å². The van der Waals surface area contributed by atoms with Gasteiger partial charge in [0.25, 0.3) is 0 Å². The number of anilines is 1. The standard InChI is InChI=1S/C23H16F3NO3/c24-23(25,26)18-8-4-5-9-19(18)27-13-15-10-22(29)30-21-12-16(20(28)11-17(15)21)14-6-2-1-3-7-14/h1-12,27-28H,13H2. The zero-order valence-corrected chi connectivity index (χ0v) is 15.5. The molecule has 1 aromatic heterocycles. The molecule has 0 spiro atoms. The summed E-state index contributed by atoms with van der Waals surface area (Å²) >= 11 is 0. The largest absolute Gasteiger partial charge is 0.507 e. The molecule has 0 aliphatic carbocycles. The number of alkyl halides is 3. The molecule has 0 radical (unpaired) electrons. The number of phenols is 1. The van der Waals surface area contributed by atoms with Crippen molar-refractivity contribution in [2.75, 3.05) is 5.32 Å². The molecule has 0 aliphatic heterocycles. The minimum absolute atomic E-state index is 0.0282. The average molecular weight is 411 g/mol. The van der Waals surface area contributed by atoms with Crippen LogP contribution in [-0.2, 0) is 12.7 Å². The summed E-state index contributed by atoms with van der Waals surface area (Å²) in [6.45, 7) is -0.0562. The number of benzene rings is 3. The smallest absolute Gasteiger partial charge is 0.418 e. The Morgan fingerprint density at radius 2 is 1.63 bits per heavy atom. The molecule has 3 aromatic carbocycles. The van der Waals surface area contributed by atoms with E-state index in [9.17, 15) is 23.1 Å². The van der Waals surface area contributed by atoms with Crippen molar-refractivity contribution in [3.05, 3.63) is 94.3 Å². The summed E-state index contributed by atoms with van der Waals surface area (Å²) in [6.07, 6.45) is -4.51. The Morgan fingerprint density at radius 1 is 0.933 bits per heavy atom. The second-order valence-electron chi connectivity index (χ2n) is 6.72. The number of hydrogen-bond acceptors (Lipinski definition) is 4. The number of para-hydroxylation sites is 1. The lowest BCUT2D eigenvalue weighted by Crippen LogP contribution is -2.11. The van der Waals surface area contributed by atoms with Gasteiger partial charge in [-0.3, -0.25) is 0 Å². The van der Waals surface area contributed by atoms with Gasteiger partial charge in [-0.1, -0.05) is 42.5 Å². The van der Waals surface area contributed by atoms with Gasteiger partial charge >= 0.3 is 11.8 Å². The van der Waals surface area contributed by atoms with Crippen molar-refractivity contribution >= 4 is 16.7 Å². The number of phenolic OH excluding ortho intramolecular Hbond substituents is 1. The van der Waals surface area contributed by atoms with Crippen molar-refractivity contribution in [1.82, 2.24) is 0 Å². The van der Waals surface area contributed by atoms with Gasteiger partial charge in [-0.25, -0.2) is 4.79 Å². The van der Waals surface area contributed by atoms with Crippen LogP contribution in [0.15, 0.2) is 82.0 Å². The second kappa shape index (κ2) is 7.59. The number of halogens is 3. The topological polar surface area (TPSA) is 62.5 Å². The van der Waals surface area contributed by atoms with Gasteiger partial charge in [0.1, 0.15) is 11.3 Å². The monoisotopic (exact) mass is 411 g/mol. The fourth-order valence-corrected chi connectivity index (χ4v) is 3.33. The van der Waals surface area contributed by atoms with E-state index in [1.165, 1.54) is 30.3 Å². The van der Waals surface area contributed by atoms with Crippen LogP contribution in [0.4, 0.5) is 18.9 Å². The normalized spacial score (nSPS) is 11.6. The Balaban J connectivity index is 1.74. The quantitative estimate of drug-likeness (QED) is 0.417. The summed E-state index contributed by atoms with van der Waals surface area (Å²) < 4.78 is 44.9. The van der Waals surface area contributed by atoms with Crippen molar-refractivity contribution in [2.45, 2.75) is 12.7 Å². The lowest BCUT2D eigenvalue weighted by atomic mass is 10.0. The zero-order valence-electron chi connectivity index (χ0n) is 15.5. The first-order chi connectivity index (χ1) is 14.3. The summed E-state index contributed by atoms with van der Waals surface area (Å²) in [7, 11) is 0. The van der Waals surface area contributed by atoms with Crippen LogP contribution in [0, 0.1) is 0 Å². The summed E-state index contributed by atoms with van der Waals surface area (Å²) in [4.78, 5) is 12.0. The zero-order chi connectivity index (χ0) is 21.3. The number of rotatable bonds is 4. The SMILES string of the molecule is O=c1cc(CNc2ccccc2C(F)(F)F)c2cc(O)c(-c3ccccc3)cc2o1. The third kappa shape index (κ3) is 3.87. The second-order valence-corrected chi connectivity index (χ2v) is 6.72. The Bertz CT molecular complexity index is 1260. The van der Waals surface area contributed by atoms with Crippen molar-refractivity contribution in [3.63, 3.8) is 0 Å². The molecule has 2 N–H and O–H groups in total. The molecule has 0 aliphatic rings. The van der Waals surface area contributed by atoms with Crippen LogP contribution in [0.2, 0.25) is 0 Å². The van der Waals surface area contributed by atoms with Gasteiger partial charge in [0, 0.05) is 29.2 Å². The highest BCUT2D eigenvalue weighted by Crippen LogP contribution is 2.36. The molecule has 0 amide bonds. The highest BCUT2D eigenvalue weighted by Gasteiger charge is 2.33. The molecule has 4 nitrogen and oxygen atoms in total. The molecule has 0 saturated heterocycles. The summed E-state index contributed by atoms with van der Waals surface area (Å²) in [5, 5.41) is 13.7. The third-order valence-corrected chi connectivity index (χ3v) is 4.73. The molecule has 152 valence electrons. The predicted molar refractivity (Wildman–Crippen MR) is 108 cm³/mol. The molecular weight excluding hydrogens is 395 g/mol. The van der Waals surface area contributed by atoms with Crippen molar-refractivity contribution in [1.29, 1.82) is 0 Å². The van der Waals surface area contributed by atoms with Gasteiger partial charge in [-0.15, -0.1) is 0 Å². The van der Waals surface area contributed by atoms with E-state index in [-0.39, 0.29) is 23.6 Å². The van der Waals surface area contributed by atoms with Gasteiger partial charge in [0.15, 0.2) is 0 Å². The summed E-state index contributed by atoms with van der Waals surface area (Å²) in [6, 6.07) is 18.4. The van der Waals surface area contributed by atoms with Crippen LogP contribution in [0.1, 0.15) is 11.1 Å². The van der Waals surface area contributed by atoms with E-state index in [0.717, 1.165) is 11.6 Å². The fourth-order valence-electron chi connectivity index (χ4n) is 3.33. The Hall–Kier alpha value is -3.74. The number of fused-ring (bicyclic) bond motifs is 1. The van der Waals surface area contributed by atoms with Crippen LogP contribution in [0.25, 0.3) is 22.1 Å². The minimum Gasteiger partial charge on any atom is -0.507 e. The van der Waals surface area contributed by atoms with Crippen LogP contribution in [0.3, 0.4) is 0 Å². The van der Waals surface area contributed by atoms with Gasteiger partial charge in [-0.05, 0) is 35.4 Å². The summed E-state index contributed by atoms with van der Waals surface area (Å²) in [5.74, 6) is -0.0282. The van der Waals surface area contributed by atoms with E-state index in [1.807, 2.05) is 18.2 Å². The van der Waals surface area contributed by atoms with Gasteiger partial charge in [0.2, 0.25) is 0 Å². The lowest BCUT2D eigenvalue weighted by Gasteiger charge is -2.15. The first kappa shape index (κ1) is 19.6. The van der Waals surface area contributed by atoms with Crippen molar-refractivity contribution in [2.24, 2.45) is 0 Å². The Kier molecular flexibility index (Phi) is 4.95. The minimum atomic E-state index is -4.51. The van der Waals surface area contributed by atoms with Gasteiger partial charge in [0.05, 0.1) is 5.56 Å². The van der Waals surface area contributed by atoms with Gasteiger partial charge < -0.3 is 14.8 Å². The molecule has 0 unspecified atom stereocenters. The summed E-state index contributed by atoms with van der Waals surface area (Å²) in [5.41, 5.74) is 0.338. The number of aromatic hydroxyl groups is 1. The van der Waals surface area contributed by atoms with Crippen molar-refractivity contribution < 1.29 is 22.7 Å². The molecular formula is C23H16F3NO3. The first-order valence-electron chi connectivity index (χ1n) is 9.08. The van der Waals surface area contributed by atoms with Crippen LogP contribution in [-0.4, -0.2) is 5.11 Å². The van der Waals surface area contributed by atoms with E-state index in [0.29, 0.717) is 16.5 Å². The first-order valence-corrected chi connectivity index (χ1v) is 9.08. The number of hydrogen-bond donors (Lipinski definition) is 2. The van der Waals surface area contributed by atoms with E-state index < -0.39 is 17.4 Å². The van der Waals surface area contributed by atoms with Crippen LogP contribution < -0.4 is 10.9 Å². The van der Waals surface area contributed by atoms with Crippen LogP contribution >= 0.6 is 0 Å². The number of nitrogens with one attached hydrogen (secondary N) is 1. The average Bonchev–Trinajstić information content (AvgIpc) is 2.72. The molecule has 4 rings (SSSR count). The van der Waals surface area contributed by atoms with E-state index in [1.54, 1.807) is 18.2 Å². The maximum Gasteiger partial charge on any atom is 0.418 e. The Morgan fingerprint density at radius 3 is 2.37 bits per heavy atom. The van der Waals surface area contributed by atoms with E-state index >= 15 is 0 Å². The molecule has 1 heterocycles. The highest BCUT2D eigenvalue weighted by molar-refractivity contribution is 5.89. The molecule has 0 saturated carbocycles. The Labute approximate surface area is 169 Å². The maximum absolute atomic E-state index is 13.2. The molecule has 0 fully saturated rings. The van der Waals surface area contributed by atoms with Crippen LogP contribution in [0.5, 0.6) is 5.75 Å². The maximum atomic E-state index is 13.2.